The molecule has 0 amide bonds. The van der Waals surface area contributed by atoms with Crippen molar-refractivity contribution in [2.45, 2.75) is 27.3 Å². The second kappa shape index (κ2) is 4.63. The van der Waals surface area contributed by atoms with E-state index in [2.05, 4.69) is 20.4 Å². The molecule has 2 aromatic heterocycles. The maximum atomic E-state index is 4.41. The third-order valence-corrected chi connectivity index (χ3v) is 2.57. The highest BCUT2D eigenvalue weighted by Crippen LogP contribution is 2.15. The van der Waals surface area contributed by atoms with Gasteiger partial charge < -0.3 is 5.32 Å². The molecular formula is C12H17N5. The van der Waals surface area contributed by atoms with Gasteiger partial charge in [-0.05, 0) is 33.9 Å². The van der Waals surface area contributed by atoms with Crippen LogP contribution in [0.1, 0.15) is 22.9 Å². The third-order valence-electron chi connectivity index (χ3n) is 2.57. The van der Waals surface area contributed by atoms with E-state index < -0.39 is 0 Å². The average molecular weight is 231 g/mol. The molecule has 1 N–H and O–H groups in total. The molecule has 0 aliphatic carbocycles. The van der Waals surface area contributed by atoms with Crippen LogP contribution >= 0.6 is 0 Å². The Labute approximate surface area is 101 Å². The van der Waals surface area contributed by atoms with E-state index in [9.17, 15) is 0 Å². The number of pyridine rings is 1. The summed E-state index contributed by atoms with van der Waals surface area (Å²) in [7, 11) is 1.92. The predicted octanol–water partition coefficient (Wildman–Crippen LogP) is 1.31. The fraction of sp³-hybridized carbons (Fsp3) is 0.417. The van der Waals surface area contributed by atoms with E-state index in [1.165, 1.54) is 0 Å². The van der Waals surface area contributed by atoms with Gasteiger partial charge in [0.15, 0.2) is 0 Å². The summed E-state index contributed by atoms with van der Waals surface area (Å²) in [5, 5.41) is 7.55. The van der Waals surface area contributed by atoms with Gasteiger partial charge in [0.2, 0.25) is 0 Å². The minimum atomic E-state index is 0.765. The van der Waals surface area contributed by atoms with E-state index in [0.717, 1.165) is 35.1 Å². The number of aromatic nitrogens is 4. The molecule has 5 nitrogen and oxygen atoms in total. The van der Waals surface area contributed by atoms with E-state index in [4.69, 9.17) is 0 Å². The summed E-state index contributed by atoms with van der Waals surface area (Å²) in [6.07, 6.45) is 1.89. The highest BCUT2D eigenvalue weighted by molar-refractivity contribution is 5.40. The van der Waals surface area contributed by atoms with Crippen LogP contribution < -0.4 is 5.32 Å². The molecule has 0 aromatic carbocycles. The summed E-state index contributed by atoms with van der Waals surface area (Å²) in [4.78, 5) is 8.65. The molecule has 2 aromatic rings. The molecular weight excluding hydrogens is 214 g/mol. The fourth-order valence-electron chi connectivity index (χ4n) is 1.85. The lowest BCUT2D eigenvalue weighted by molar-refractivity contribution is 0.767. The zero-order valence-electron chi connectivity index (χ0n) is 10.7. The number of aryl methyl sites for hydroxylation is 3. The first-order chi connectivity index (χ1) is 8.11. The second-order valence-corrected chi connectivity index (χ2v) is 4.10. The van der Waals surface area contributed by atoms with Gasteiger partial charge in [-0.2, -0.15) is 5.10 Å². The van der Waals surface area contributed by atoms with Gasteiger partial charge in [0.05, 0.1) is 5.69 Å². The molecule has 2 heterocycles. The number of nitrogens with zero attached hydrogens (tertiary/aromatic N) is 4. The van der Waals surface area contributed by atoms with Gasteiger partial charge >= 0.3 is 0 Å². The first-order valence-electron chi connectivity index (χ1n) is 5.62. The summed E-state index contributed by atoms with van der Waals surface area (Å²) >= 11 is 0. The van der Waals surface area contributed by atoms with Crippen LogP contribution in [-0.2, 0) is 6.54 Å². The Morgan fingerprint density at radius 1 is 1.29 bits per heavy atom. The van der Waals surface area contributed by atoms with Gasteiger partial charge in [-0.15, -0.1) is 0 Å². The molecule has 0 radical (unpaired) electrons. The minimum absolute atomic E-state index is 0.765. The maximum absolute atomic E-state index is 4.41. The standard InChI is InChI=1S/C12H17N5/c1-8-5-12(11(6-13-4)7-14-8)17-10(3)15-9(2)16-17/h5,7,13H,6H2,1-4H3. The van der Waals surface area contributed by atoms with E-state index in [1.807, 2.05) is 44.8 Å². The molecule has 0 saturated carbocycles. The van der Waals surface area contributed by atoms with Gasteiger partial charge in [-0.25, -0.2) is 9.67 Å². The zero-order valence-corrected chi connectivity index (χ0v) is 10.7. The maximum Gasteiger partial charge on any atom is 0.148 e. The van der Waals surface area contributed by atoms with E-state index in [0.29, 0.717) is 0 Å². The van der Waals surface area contributed by atoms with Crippen molar-refractivity contribution in [2.75, 3.05) is 7.05 Å². The SMILES string of the molecule is CNCc1cnc(C)cc1-n1nc(C)nc1C. The monoisotopic (exact) mass is 231 g/mol. The van der Waals surface area contributed by atoms with Gasteiger partial charge in [0.1, 0.15) is 11.6 Å². The quantitative estimate of drug-likeness (QED) is 0.865. The molecule has 0 aliphatic rings. The Balaban J connectivity index is 2.56. The Bertz CT molecular complexity index is 530. The largest absolute Gasteiger partial charge is 0.316 e. The van der Waals surface area contributed by atoms with Crippen LogP contribution in [0.3, 0.4) is 0 Å². The van der Waals surface area contributed by atoms with Crippen LogP contribution in [0.2, 0.25) is 0 Å². The number of hydrogen-bond donors (Lipinski definition) is 1. The number of hydrogen-bond acceptors (Lipinski definition) is 4. The summed E-state index contributed by atoms with van der Waals surface area (Å²) < 4.78 is 1.87. The van der Waals surface area contributed by atoms with Crippen LogP contribution in [0.25, 0.3) is 5.69 Å². The van der Waals surface area contributed by atoms with Gasteiger partial charge in [0, 0.05) is 24.0 Å². The lowest BCUT2D eigenvalue weighted by atomic mass is 10.2. The number of nitrogens with one attached hydrogen (secondary N) is 1. The topological polar surface area (TPSA) is 55.6 Å². The van der Waals surface area contributed by atoms with Crippen molar-refractivity contribution in [3.05, 3.63) is 35.2 Å². The molecule has 0 aliphatic heterocycles. The highest BCUT2D eigenvalue weighted by atomic mass is 15.3. The molecule has 0 fully saturated rings. The van der Waals surface area contributed by atoms with Crippen molar-refractivity contribution >= 4 is 0 Å². The Kier molecular flexibility index (Phi) is 3.19. The Hall–Kier alpha value is -1.75. The van der Waals surface area contributed by atoms with E-state index in [-0.39, 0.29) is 0 Å². The van der Waals surface area contributed by atoms with Crippen molar-refractivity contribution in [1.82, 2.24) is 25.1 Å². The first-order valence-corrected chi connectivity index (χ1v) is 5.62. The van der Waals surface area contributed by atoms with Gasteiger partial charge in [0.25, 0.3) is 0 Å². The van der Waals surface area contributed by atoms with Gasteiger partial charge in [-0.1, -0.05) is 0 Å². The van der Waals surface area contributed by atoms with Crippen molar-refractivity contribution in [3.8, 4) is 5.69 Å². The second-order valence-electron chi connectivity index (χ2n) is 4.10. The summed E-state index contributed by atoms with van der Waals surface area (Å²) in [6.45, 7) is 6.60. The molecule has 5 heteroatoms. The molecule has 2 rings (SSSR count). The Morgan fingerprint density at radius 2 is 2.06 bits per heavy atom. The molecule has 17 heavy (non-hydrogen) atoms. The van der Waals surface area contributed by atoms with Crippen molar-refractivity contribution in [3.63, 3.8) is 0 Å². The van der Waals surface area contributed by atoms with Crippen LogP contribution in [0.15, 0.2) is 12.3 Å². The average Bonchev–Trinajstić information content (AvgIpc) is 2.61. The summed E-state index contributed by atoms with van der Waals surface area (Å²) in [5.41, 5.74) is 3.14. The smallest absolute Gasteiger partial charge is 0.148 e. The first kappa shape index (κ1) is 11.7. The minimum Gasteiger partial charge on any atom is -0.316 e. The van der Waals surface area contributed by atoms with Crippen LogP contribution in [0, 0.1) is 20.8 Å². The fourth-order valence-corrected chi connectivity index (χ4v) is 1.85. The van der Waals surface area contributed by atoms with Crippen LogP contribution in [-0.4, -0.2) is 26.8 Å². The molecule has 0 saturated heterocycles. The molecule has 0 unspecified atom stereocenters. The zero-order chi connectivity index (χ0) is 12.4. The summed E-state index contributed by atoms with van der Waals surface area (Å²) in [5.74, 6) is 1.68. The van der Waals surface area contributed by atoms with Crippen molar-refractivity contribution in [2.24, 2.45) is 0 Å². The molecule has 0 bridgehead atoms. The molecule has 0 atom stereocenters. The van der Waals surface area contributed by atoms with Crippen LogP contribution in [0.5, 0.6) is 0 Å². The summed E-state index contributed by atoms with van der Waals surface area (Å²) in [6, 6.07) is 2.04. The lowest BCUT2D eigenvalue weighted by Crippen LogP contribution is -2.11. The van der Waals surface area contributed by atoms with Gasteiger partial charge in [-0.3, -0.25) is 4.98 Å². The normalized spacial score (nSPS) is 10.8. The van der Waals surface area contributed by atoms with E-state index >= 15 is 0 Å². The number of rotatable bonds is 3. The van der Waals surface area contributed by atoms with Crippen LogP contribution in [0.4, 0.5) is 0 Å². The molecule has 0 spiro atoms. The van der Waals surface area contributed by atoms with Crippen molar-refractivity contribution < 1.29 is 0 Å². The van der Waals surface area contributed by atoms with E-state index in [1.54, 1.807) is 0 Å². The molecule has 90 valence electrons. The van der Waals surface area contributed by atoms with Crippen molar-refractivity contribution in [1.29, 1.82) is 0 Å². The highest BCUT2D eigenvalue weighted by Gasteiger charge is 2.10. The Morgan fingerprint density at radius 3 is 2.65 bits per heavy atom. The predicted molar refractivity (Wildman–Crippen MR) is 66.1 cm³/mol. The lowest BCUT2D eigenvalue weighted by Gasteiger charge is -2.10. The third kappa shape index (κ3) is 2.34.